The zero-order valence-corrected chi connectivity index (χ0v) is 29.5. The van der Waals surface area contributed by atoms with Gasteiger partial charge in [-0.2, -0.15) is 5.10 Å². The number of likely N-dealkylation sites (tertiary alicyclic amines) is 1. The molecule has 5 aromatic rings. The van der Waals surface area contributed by atoms with Crippen LogP contribution in [0.4, 0.5) is 11.4 Å². The second kappa shape index (κ2) is 14.2. The summed E-state index contributed by atoms with van der Waals surface area (Å²) in [6, 6.07) is 15.1. The van der Waals surface area contributed by atoms with Crippen molar-refractivity contribution in [1.82, 2.24) is 40.2 Å². The Morgan fingerprint density at radius 3 is 2.69 bits per heavy atom. The summed E-state index contributed by atoms with van der Waals surface area (Å²) in [6.07, 6.45) is 4.14. The van der Waals surface area contributed by atoms with Crippen molar-refractivity contribution < 1.29 is 28.8 Å². The predicted octanol–water partition coefficient (Wildman–Crippen LogP) is 2.78. The molecule has 2 saturated heterocycles. The molecule has 0 bridgehead atoms. The maximum atomic E-state index is 13.3. The first kappa shape index (κ1) is 34.7. The molecule has 8 rings (SSSR count). The van der Waals surface area contributed by atoms with Crippen LogP contribution in [0.1, 0.15) is 69.5 Å². The number of rotatable bonds is 11. The van der Waals surface area contributed by atoms with Crippen LogP contribution in [0.25, 0.3) is 21.9 Å². The van der Waals surface area contributed by atoms with Crippen LogP contribution in [0.3, 0.4) is 0 Å². The first-order valence-electron chi connectivity index (χ1n) is 18.0. The summed E-state index contributed by atoms with van der Waals surface area (Å²) in [5, 5.41) is 16.1. The Balaban J connectivity index is 0.841. The number of nitrogens with one attached hydrogen (secondary N) is 5. The molecule has 3 aliphatic heterocycles. The largest absolute Gasteiger partial charge is 0.375 e. The molecule has 54 heavy (non-hydrogen) atoms. The molecule has 16 nitrogen and oxygen atoms in total. The maximum absolute atomic E-state index is 13.3. The number of imidazole rings is 1. The summed E-state index contributed by atoms with van der Waals surface area (Å²) in [4.78, 5) is 87.8. The third-order valence-corrected chi connectivity index (χ3v) is 10.3. The van der Waals surface area contributed by atoms with Gasteiger partial charge < -0.3 is 20.9 Å². The number of carbonyl (C=O) groups excluding carboxylic acids is 6. The van der Waals surface area contributed by atoms with E-state index in [1.54, 1.807) is 35.1 Å². The van der Waals surface area contributed by atoms with Crippen molar-refractivity contribution in [3.8, 4) is 0 Å². The van der Waals surface area contributed by atoms with Gasteiger partial charge >= 0.3 is 0 Å². The lowest BCUT2D eigenvalue weighted by molar-refractivity contribution is -0.136. The monoisotopic (exact) mass is 730 g/mol. The number of benzene rings is 3. The number of nitrogens with zero attached hydrogens (tertiary/aromatic N) is 5. The Labute approximate surface area is 308 Å². The summed E-state index contributed by atoms with van der Waals surface area (Å²) in [6.45, 7) is 4.52. The van der Waals surface area contributed by atoms with E-state index in [2.05, 4.69) is 43.2 Å². The van der Waals surface area contributed by atoms with Gasteiger partial charge in [0.05, 0.1) is 53.5 Å². The number of hydrogen-bond acceptors (Lipinski definition) is 10. The van der Waals surface area contributed by atoms with E-state index in [-0.39, 0.29) is 54.6 Å². The third-order valence-electron chi connectivity index (χ3n) is 10.3. The van der Waals surface area contributed by atoms with Gasteiger partial charge in [0.2, 0.25) is 17.7 Å². The van der Waals surface area contributed by atoms with E-state index in [4.69, 9.17) is 4.98 Å². The summed E-state index contributed by atoms with van der Waals surface area (Å²) < 4.78 is 1.73. The minimum absolute atomic E-state index is 0.0198. The molecule has 3 aliphatic rings. The van der Waals surface area contributed by atoms with Gasteiger partial charge in [-0.25, -0.2) is 4.98 Å². The van der Waals surface area contributed by atoms with Crippen LogP contribution in [0.5, 0.6) is 0 Å². The van der Waals surface area contributed by atoms with E-state index in [1.807, 2.05) is 24.3 Å². The number of amides is 6. The highest BCUT2D eigenvalue weighted by atomic mass is 16.2. The van der Waals surface area contributed by atoms with Crippen molar-refractivity contribution in [2.45, 2.75) is 57.8 Å². The summed E-state index contributed by atoms with van der Waals surface area (Å²) in [5.74, 6) is -2.13. The van der Waals surface area contributed by atoms with Crippen LogP contribution < -0.4 is 21.3 Å². The molecule has 3 aromatic carbocycles. The molecule has 5 heterocycles. The molecule has 2 fully saturated rings. The topological polar surface area (TPSA) is 204 Å². The van der Waals surface area contributed by atoms with Gasteiger partial charge in [-0.15, -0.1) is 0 Å². The molecular weight excluding hydrogens is 692 g/mol. The van der Waals surface area contributed by atoms with Crippen molar-refractivity contribution in [3.05, 3.63) is 83.3 Å². The summed E-state index contributed by atoms with van der Waals surface area (Å²) >= 11 is 0. The molecule has 0 radical (unpaired) electrons. The van der Waals surface area contributed by atoms with Gasteiger partial charge in [-0.3, -0.25) is 48.6 Å². The van der Waals surface area contributed by atoms with Crippen molar-refractivity contribution >= 4 is 68.8 Å². The van der Waals surface area contributed by atoms with Gasteiger partial charge in [0.15, 0.2) is 0 Å². The third kappa shape index (κ3) is 6.67. The SMILES string of the molecule is CC1CCCN1Cc1nc2cc(NC(=O)c3ccc4c(cnn4CCNC(=O)CNc4cccc5c4C(=O)N(C4CCC(=O)NC4=O)C5=O)c3)ccc2[nH]1. The van der Waals surface area contributed by atoms with E-state index in [0.29, 0.717) is 23.8 Å². The fourth-order valence-corrected chi connectivity index (χ4v) is 7.44. The fraction of sp³-hybridized carbons (Fsp3) is 0.316. The molecule has 2 atom stereocenters. The number of H-pyrrole nitrogens is 1. The standard InChI is InChI=1S/C38H38N10O6/c1-21-4-3-14-46(21)20-31-43-26-9-8-24(17-28(26)44-31)42-35(51)22-7-10-29-23(16-22)18-41-47(29)15-13-39-33(50)19-40-27-6-2-5-25-34(27)38(54)48(37(25)53)30-11-12-32(49)45-36(30)52/h2,5-10,16-18,21,30,40H,3-4,11-15,19-20H2,1H3,(H,39,50)(H,42,51)(H,43,44)(H,45,49,52). The fourth-order valence-electron chi connectivity index (χ4n) is 7.44. The molecule has 0 saturated carbocycles. The number of imide groups is 2. The predicted molar refractivity (Wildman–Crippen MR) is 197 cm³/mol. The highest BCUT2D eigenvalue weighted by molar-refractivity contribution is 6.25. The average Bonchev–Trinajstić information content (AvgIpc) is 3.93. The van der Waals surface area contributed by atoms with Crippen LogP contribution in [0.2, 0.25) is 0 Å². The van der Waals surface area contributed by atoms with Gasteiger partial charge in [0, 0.05) is 41.3 Å². The van der Waals surface area contributed by atoms with Gasteiger partial charge in [-0.05, 0) is 81.3 Å². The summed E-state index contributed by atoms with van der Waals surface area (Å²) in [5.41, 5.74) is 4.10. The molecule has 16 heteroatoms. The van der Waals surface area contributed by atoms with Crippen LogP contribution in [-0.4, -0.2) is 96.7 Å². The zero-order chi connectivity index (χ0) is 37.5. The Kier molecular flexibility index (Phi) is 9.11. The first-order chi connectivity index (χ1) is 26.1. The molecule has 2 unspecified atom stereocenters. The smallest absolute Gasteiger partial charge is 0.264 e. The minimum atomic E-state index is -1.08. The van der Waals surface area contributed by atoms with Crippen molar-refractivity contribution in [2.75, 3.05) is 30.3 Å². The van der Waals surface area contributed by atoms with Crippen LogP contribution in [-0.2, 0) is 27.5 Å². The molecule has 0 aliphatic carbocycles. The molecule has 6 amide bonds. The zero-order valence-electron chi connectivity index (χ0n) is 29.5. The van der Waals surface area contributed by atoms with Gasteiger partial charge in [0.25, 0.3) is 17.7 Å². The minimum Gasteiger partial charge on any atom is -0.375 e. The van der Waals surface area contributed by atoms with Crippen LogP contribution >= 0.6 is 0 Å². The van der Waals surface area contributed by atoms with Crippen LogP contribution in [0, 0.1) is 0 Å². The lowest BCUT2D eigenvalue weighted by atomic mass is 10.0. The average molecular weight is 731 g/mol. The maximum Gasteiger partial charge on any atom is 0.264 e. The molecule has 2 aromatic heterocycles. The lowest BCUT2D eigenvalue weighted by Gasteiger charge is -2.27. The Morgan fingerprint density at radius 1 is 1.00 bits per heavy atom. The van der Waals surface area contributed by atoms with Gasteiger partial charge in [0.1, 0.15) is 11.9 Å². The van der Waals surface area contributed by atoms with E-state index < -0.39 is 29.7 Å². The quantitative estimate of drug-likeness (QED) is 0.126. The Bertz CT molecular complexity index is 2360. The highest BCUT2D eigenvalue weighted by Crippen LogP contribution is 2.32. The van der Waals surface area contributed by atoms with E-state index in [9.17, 15) is 28.8 Å². The Hall–Kier alpha value is -6.42. The normalized spacial score (nSPS) is 18.7. The van der Waals surface area contributed by atoms with E-state index in [1.165, 1.54) is 18.9 Å². The molecule has 0 spiro atoms. The number of aromatic amines is 1. The van der Waals surface area contributed by atoms with Crippen LogP contribution in [0.15, 0.2) is 60.8 Å². The highest BCUT2D eigenvalue weighted by Gasteiger charge is 2.45. The van der Waals surface area contributed by atoms with Crippen molar-refractivity contribution in [2.24, 2.45) is 0 Å². The molecule has 5 N–H and O–H groups in total. The lowest BCUT2D eigenvalue weighted by Crippen LogP contribution is -2.54. The molecular formula is C38H38N10O6. The van der Waals surface area contributed by atoms with Crippen molar-refractivity contribution in [3.63, 3.8) is 0 Å². The van der Waals surface area contributed by atoms with E-state index >= 15 is 0 Å². The molecule has 276 valence electrons. The number of carbonyl (C=O) groups is 6. The second-order valence-electron chi connectivity index (χ2n) is 13.9. The van der Waals surface area contributed by atoms with Gasteiger partial charge in [-0.1, -0.05) is 6.07 Å². The Morgan fingerprint density at radius 2 is 1.87 bits per heavy atom. The number of piperidine rings is 1. The van der Waals surface area contributed by atoms with E-state index in [0.717, 1.165) is 45.8 Å². The second-order valence-corrected chi connectivity index (χ2v) is 13.9. The number of anilines is 2. The first-order valence-corrected chi connectivity index (χ1v) is 18.0. The van der Waals surface area contributed by atoms with Crippen molar-refractivity contribution in [1.29, 1.82) is 0 Å². The number of fused-ring (bicyclic) bond motifs is 3. The number of hydrogen-bond donors (Lipinski definition) is 5. The summed E-state index contributed by atoms with van der Waals surface area (Å²) in [7, 11) is 0. The number of aromatic nitrogens is 4.